The van der Waals surface area contributed by atoms with Crippen molar-refractivity contribution in [3.63, 3.8) is 0 Å². The molecule has 0 saturated carbocycles. The molecule has 1 heterocycles. The van der Waals surface area contributed by atoms with Crippen LogP contribution in [-0.4, -0.2) is 4.98 Å². The van der Waals surface area contributed by atoms with E-state index >= 15 is 0 Å². The molecule has 2 rings (SSSR count). The van der Waals surface area contributed by atoms with Crippen molar-refractivity contribution in [3.05, 3.63) is 53.6 Å². The van der Waals surface area contributed by atoms with Crippen molar-refractivity contribution in [3.8, 4) is 11.5 Å². The minimum absolute atomic E-state index is 0.201. The van der Waals surface area contributed by atoms with Gasteiger partial charge in [0.25, 0.3) is 0 Å². The Morgan fingerprint density at radius 3 is 2.76 bits per heavy atom. The Hall–Kier alpha value is -1.94. The number of pyridine rings is 1. The van der Waals surface area contributed by atoms with Gasteiger partial charge in [0.2, 0.25) is 0 Å². The van der Waals surface area contributed by atoms with Crippen molar-refractivity contribution >= 4 is 0 Å². The molecule has 1 aromatic heterocycles. The van der Waals surface area contributed by atoms with Gasteiger partial charge in [-0.2, -0.15) is 0 Å². The van der Waals surface area contributed by atoms with Crippen LogP contribution in [0.3, 0.4) is 0 Å². The van der Waals surface area contributed by atoms with E-state index in [2.05, 4.69) is 4.98 Å². The van der Waals surface area contributed by atoms with E-state index in [1.807, 2.05) is 0 Å². The fraction of sp³-hybridized carbons (Fsp3) is 0.154. The van der Waals surface area contributed by atoms with Gasteiger partial charge in [0.05, 0.1) is 11.9 Å². The van der Waals surface area contributed by atoms with Crippen LogP contribution >= 0.6 is 0 Å². The lowest BCUT2D eigenvalue weighted by Crippen LogP contribution is -1.99. The number of benzene rings is 1. The molecule has 0 radical (unpaired) electrons. The molecule has 0 bridgehead atoms. The Kier molecular flexibility index (Phi) is 3.35. The first-order valence-electron chi connectivity index (χ1n) is 5.28. The average Bonchev–Trinajstić information content (AvgIpc) is 2.36. The first-order chi connectivity index (χ1) is 8.20. The first-order valence-corrected chi connectivity index (χ1v) is 5.28. The Balaban J connectivity index is 2.22. The third kappa shape index (κ3) is 2.60. The van der Waals surface area contributed by atoms with Gasteiger partial charge < -0.3 is 10.5 Å². The summed E-state index contributed by atoms with van der Waals surface area (Å²) in [6.45, 7) is 2.07. The normalized spacial score (nSPS) is 10.3. The third-order valence-corrected chi connectivity index (χ3v) is 2.39. The number of hydrogen-bond acceptors (Lipinski definition) is 3. The summed E-state index contributed by atoms with van der Waals surface area (Å²) in [6.07, 6.45) is 1.53. The van der Waals surface area contributed by atoms with Crippen LogP contribution in [0, 0.1) is 12.7 Å². The van der Waals surface area contributed by atoms with Crippen LogP contribution in [0.5, 0.6) is 11.5 Å². The maximum absolute atomic E-state index is 13.7. The van der Waals surface area contributed by atoms with Gasteiger partial charge in [-0.1, -0.05) is 12.1 Å². The molecule has 17 heavy (non-hydrogen) atoms. The molecule has 1 aromatic carbocycles. The molecular formula is C13H13FN2O. The van der Waals surface area contributed by atoms with Crippen LogP contribution in [0.1, 0.15) is 11.3 Å². The molecule has 0 atom stereocenters. The zero-order valence-corrected chi connectivity index (χ0v) is 9.48. The summed E-state index contributed by atoms with van der Waals surface area (Å²) in [6, 6.07) is 8.49. The van der Waals surface area contributed by atoms with Gasteiger partial charge in [0.1, 0.15) is 5.75 Å². The number of halogens is 1. The van der Waals surface area contributed by atoms with Crippen molar-refractivity contribution in [2.24, 2.45) is 5.73 Å². The summed E-state index contributed by atoms with van der Waals surface area (Å²) < 4.78 is 19.1. The molecule has 2 aromatic rings. The van der Waals surface area contributed by atoms with E-state index in [-0.39, 0.29) is 11.6 Å². The van der Waals surface area contributed by atoms with Crippen LogP contribution in [0.2, 0.25) is 0 Å². The second kappa shape index (κ2) is 4.93. The van der Waals surface area contributed by atoms with Crippen molar-refractivity contribution in [1.82, 2.24) is 4.98 Å². The van der Waals surface area contributed by atoms with Gasteiger partial charge in [0.15, 0.2) is 11.6 Å². The maximum Gasteiger partial charge on any atom is 0.168 e. The molecule has 0 amide bonds. The monoisotopic (exact) mass is 232 g/mol. The maximum atomic E-state index is 13.7. The highest BCUT2D eigenvalue weighted by atomic mass is 19.1. The number of hydrogen-bond donors (Lipinski definition) is 1. The summed E-state index contributed by atoms with van der Waals surface area (Å²) in [4.78, 5) is 4.07. The SMILES string of the molecule is Cc1cccc(Oc2ccc(CN)nc2)c1F. The lowest BCUT2D eigenvalue weighted by Gasteiger charge is -2.08. The lowest BCUT2D eigenvalue weighted by molar-refractivity contribution is 0.438. The number of nitrogens with zero attached hydrogens (tertiary/aromatic N) is 1. The summed E-state index contributed by atoms with van der Waals surface area (Å²) in [7, 11) is 0. The second-order valence-corrected chi connectivity index (χ2v) is 3.68. The largest absolute Gasteiger partial charge is 0.453 e. The zero-order valence-electron chi connectivity index (χ0n) is 9.48. The molecule has 0 aliphatic rings. The van der Waals surface area contributed by atoms with Gasteiger partial charge in [-0.3, -0.25) is 4.98 Å². The molecule has 0 aliphatic heterocycles. The predicted octanol–water partition coefficient (Wildman–Crippen LogP) is 2.78. The van der Waals surface area contributed by atoms with Crippen molar-refractivity contribution < 1.29 is 9.13 Å². The zero-order chi connectivity index (χ0) is 12.3. The predicted molar refractivity (Wildman–Crippen MR) is 63.3 cm³/mol. The van der Waals surface area contributed by atoms with E-state index in [9.17, 15) is 4.39 Å². The summed E-state index contributed by atoms with van der Waals surface area (Å²) >= 11 is 0. The minimum Gasteiger partial charge on any atom is -0.453 e. The molecule has 3 nitrogen and oxygen atoms in total. The second-order valence-electron chi connectivity index (χ2n) is 3.68. The average molecular weight is 232 g/mol. The fourth-order valence-corrected chi connectivity index (χ4v) is 1.42. The van der Waals surface area contributed by atoms with E-state index < -0.39 is 0 Å². The smallest absolute Gasteiger partial charge is 0.168 e. The first kappa shape index (κ1) is 11.5. The Bertz CT molecular complexity index is 511. The summed E-state index contributed by atoms with van der Waals surface area (Å²) in [5.41, 5.74) is 6.75. The molecule has 0 fully saturated rings. The van der Waals surface area contributed by atoms with Crippen molar-refractivity contribution in [2.45, 2.75) is 13.5 Å². The highest BCUT2D eigenvalue weighted by Gasteiger charge is 2.06. The lowest BCUT2D eigenvalue weighted by atomic mass is 10.2. The van der Waals surface area contributed by atoms with Gasteiger partial charge in [-0.05, 0) is 30.7 Å². The number of aromatic nitrogens is 1. The summed E-state index contributed by atoms with van der Waals surface area (Å²) in [5.74, 6) is 0.342. The Morgan fingerprint density at radius 1 is 1.29 bits per heavy atom. The number of nitrogens with two attached hydrogens (primary N) is 1. The third-order valence-electron chi connectivity index (χ3n) is 2.39. The van der Waals surface area contributed by atoms with E-state index in [1.54, 1.807) is 37.3 Å². The van der Waals surface area contributed by atoms with Crippen LogP contribution in [-0.2, 0) is 6.54 Å². The molecular weight excluding hydrogens is 219 g/mol. The Labute approximate surface area is 99.1 Å². The molecule has 4 heteroatoms. The van der Waals surface area contributed by atoms with Gasteiger partial charge in [-0.15, -0.1) is 0 Å². The molecule has 0 spiro atoms. The van der Waals surface area contributed by atoms with Crippen LogP contribution < -0.4 is 10.5 Å². The van der Waals surface area contributed by atoms with E-state index in [0.29, 0.717) is 17.9 Å². The van der Waals surface area contributed by atoms with E-state index in [0.717, 1.165) is 5.69 Å². The number of aryl methyl sites for hydroxylation is 1. The highest BCUT2D eigenvalue weighted by molar-refractivity contribution is 5.34. The van der Waals surface area contributed by atoms with Crippen LogP contribution in [0.15, 0.2) is 36.5 Å². The minimum atomic E-state index is -0.351. The number of rotatable bonds is 3. The van der Waals surface area contributed by atoms with Gasteiger partial charge >= 0.3 is 0 Å². The quantitative estimate of drug-likeness (QED) is 0.885. The van der Waals surface area contributed by atoms with Crippen molar-refractivity contribution in [1.29, 1.82) is 0 Å². The topological polar surface area (TPSA) is 48.1 Å². The highest BCUT2D eigenvalue weighted by Crippen LogP contribution is 2.25. The standard InChI is InChI=1S/C13H13FN2O/c1-9-3-2-4-12(13(9)14)17-11-6-5-10(7-15)16-8-11/h2-6,8H,7,15H2,1H3. The van der Waals surface area contributed by atoms with Crippen LogP contribution in [0.25, 0.3) is 0 Å². The molecule has 88 valence electrons. The van der Waals surface area contributed by atoms with Gasteiger partial charge in [-0.25, -0.2) is 4.39 Å². The fourth-order valence-electron chi connectivity index (χ4n) is 1.42. The molecule has 0 aliphatic carbocycles. The molecule has 0 unspecified atom stereocenters. The van der Waals surface area contributed by atoms with E-state index in [4.69, 9.17) is 10.5 Å². The number of ether oxygens (including phenoxy) is 1. The van der Waals surface area contributed by atoms with E-state index in [1.165, 1.54) is 6.20 Å². The van der Waals surface area contributed by atoms with Gasteiger partial charge in [0, 0.05) is 6.54 Å². The van der Waals surface area contributed by atoms with Crippen LogP contribution in [0.4, 0.5) is 4.39 Å². The Morgan fingerprint density at radius 2 is 2.12 bits per heavy atom. The van der Waals surface area contributed by atoms with Crippen molar-refractivity contribution in [2.75, 3.05) is 0 Å². The molecule has 2 N–H and O–H groups in total. The summed E-state index contributed by atoms with van der Waals surface area (Å²) in [5, 5.41) is 0. The molecule has 0 saturated heterocycles.